The number of hydrogen-bond acceptors (Lipinski definition) is 4. The lowest BCUT2D eigenvalue weighted by Crippen LogP contribution is -2.52. The largest absolute Gasteiger partial charge is 0.342 e. The predicted molar refractivity (Wildman–Crippen MR) is 96.3 cm³/mol. The zero-order valence-electron chi connectivity index (χ0n) is 14.4. The Balaban J connectivity index is 1.44. The van der Waals surface area contributed by atoms with E-state index >= 15 is 0 Å². The molecule has 0 bridgehead atoms. The van der Waals surface area contributed by atoms with Gasteiger partial charge in [-0.25, -0.2) is 0 Å². The van der Waals surface area contributed by atoms with E-state index in [0.717, 1.165) is 30.8 Å². The monoisotopic (exact) mass is 349 g/mol. The number of thiophene rings is 1. The summed E-state index contributed by atoms with van der Waals surface area (Å²) in [7, 11) is 1.95. The van der Waals surface area contributed by atoms with Crippen LogP contribution in [0, 0.1) is 0 Å². The molecule has 2 heterocycles. The van der Waals surface area contributed by atoms with Crippen LogP contribution in [0.1, 0.15) is 41.8 Å². The van der Waals surface area contributed by atoms with Crippen LogP contribution < -0.4 is 0 Å². The summed E-state index contributed by atoms with van der Waals surface area (Å²) in [6.45, 7) is 3.45. The molecular weight excluding hydrogens is 322 g/mol. The lowest BCUT2D eigenvalue weighted by atomic mass is 9.94. The first-order valence-electron chi connectivity index (χ1n) is 8.96. The highest BCUT2D eigenvalue weighted by molar-refractivity contribution is 7.12. The molecule has 3 rings (SSSR count). The third-order valence-corrected chi connectivity index (χ3v) is 6.12. The first-order chi connectivity index (χ1) is 11.6. The average molecular weight is 350 g/mol. The maximum absolute atomic E-state index is 12.5. The van der Waals surface area contributed by atoms with Crippen LogP contribution in [0.15, 0.2) is 17.5 Å². The molecule has 0 N–H and O–H groups in total. The number of carbonyl (C=O) groups is 2. The molecule has 0 spiro atoms. The standard InChI is InChI=1S/C18H27N3O2S/c1-19(15-6-3-2-4-7-15)17(22)14-20-9-11-21(12-10-20)18(23)16-8-5-13-24-16/h5,8,13,15H,2-4,6-7,9-12,14H2,1H3. The van der Waals surface area contributed by atoms with Crippen LogP contribution in [-0.4, -0.2) is 72.3 Å². The number of hydrogen-bond donors (Lipinski definition) is 0. The van der Waals surface area contributed by atoms with Gasteiger partial charge in [0.25, 0.3) is 5.91 Å². The van der Waals surface area contributed by atoms with Crippen molar-refractivity contribution in [2.24, 2.45) is 0 Å². The minimum atomic E-state index is 0.121. The Morgan fingerprint density at radius 2 is 1.88 bits per heavy atom. The quantitative estimate of drug-likeness (QED) is 0.838. The van der Waals surface area contributed by atoms with E-state index in [1.54, 1.807) is 0 Å². The Hall–Kier alpha value is -1.40. The van der Waals surface area contributed by atoms with Gasteiger partial charge in [-0.15, -0.1) is 11.3 Å². The lowest BCUT2D eigenvalue weighted by molar-refractivity contribution is -0.134. The number of rotatable bonds is 4. The van der Waals surface area contributed by atoms with Crippen LogP contribution in [0.4, 0.5) is 0 Å². The zero-order chi connectivity index (χ0) is 16.9. The molecule has 5 nitrogen and oxygen atoms in total. The summed E-state index contributed by atoms with van der Waals surface area (Å²) in [4.78, 5) is 31.7. The summed E-state index contributed by atoms with van der Waals surface area (Å²) in [6, 6.07) is 4.21. The molecule has 6 heteroatoms. The zero-order valence-corrected chi connectivity index (χ0v) is 15.3. The second-order valence-corrected chi connectivity index (χ2v) is 7.79. The highest BCUT2D eigenvalue weighted by Crippen LogP contribution is 2.22. The van der Waals surface area contributed by atoms with Gasteiger partial charge >= 0.3 is 0 Å². The molecule has 0 unspecified atom stereocenters. The first-order valence-corrected chi connectivity index (χ1v) is 9.84. The van der Waals surface area contributed by atoms with E-state index in [0.29, 0.717) is 25.7 Å². The van der Waals surface area contributed by atoms with Crippen LogP contribution in [0.25, 0.3) is 0 Å². The maximum Gasteiger partial charge on any atom is 0.264 e. The van der Waals surface area contributed by atoms with E-state index in [-0.39, 0.29) is 11.8 Å². The molecule has 0 aromatic carbocycles. The van der Waals surface area contributed by atoms with Crippen LogP contribution in [0.3, 0.4) is 0 Å². The molecule has 1 aromatic rings. The number of likely N-dealkylation sites (N-methyl/N-ethyl adjacent to an activating group) is 1. The van der Waals surface area contributed by atoms with Crippen LogP contribution in [-0.2, 0) is 4.79 Å². The molecule has 1 aliphatic heterocycles. The van der Waals surface area contributed by atoms with Crippen molar-refractivity contribution in [1.29, 1.82) is 0 Å². The minimum Gasteiger partial charge on any atom is -0.342 e. The SMILES string of the molecule is CN(C(=O)CN1CCN(C(=O)c2cccs2)CC1)C1CCCCC1. The summed E-state index contributed by atoms with van der Waals surface area (Å²) in [6.07, 6.45) is 6.08. The number of carbonyl (C=O) groups excluding carboxylic acids is 2. The highest BCUT2D eigenvalue weighted by Gasteiger charge is 2.27. The van der Waals surface area contributed by atoms with Gasteiger partial charge < -0.3 is 9.80 Å². The van der Waals surface area contributed by atoms with Gasteiger partial charge in [0.05, 0.1) is 11.4 Å². The van der Waals surface area contributed by atoms with Crippen molar-refractivity contribution in [3.63, 3.8) is 0 Å². The number of piperazine rings is 1. The summed E-state index contributed by atoms with van der Waals surface area (Å²) in [5.74, 6) is 0.343. The summed E-state index contributed by atoms with van der Waals surface area (Å²) < 4.78 is 0. The van der Waals surface area contributed by atoms with Crippen molar-refractivity contribution >= 4 is 23.2 Å². The van der Waals surface area contributed by atoms with Crippen molar-refractivity contribution in [3.8, 4) is 0 Å². The molecular formula is C18H27N3O2S. The van der Waals surface area contributed by atoms with Crippen LogP contribution in [0.5, 0.6) is 0 Å². The Morgan fingerprint density at radius 1 is 1.17 bits per heavy atom. The van der Waals surface area contributed by atoms with Gasteiger partial charge in [-0.2, -0.15) is 0 Å². The topological polar surface area (TPSA) is 43.9 Å². The average Bonchev–Trinajstić information content (AvgIpc) is 3.16. The van der Waals surface area contributed by atoms with Gasteiger partial charge in [-0.05, 0) is 24.3 Å². The normalized spacial score (nSPS) is 20.1. The van der Waals surface area contributed by atoms with Crippen molar-refractivity contribution in [1.82, 2.24) is 14.7 Å². The van der Waals surface area contributed by atoms with E-state index in [4.69, 9.17) is 0 Å². The summed E-state index contributed by atoms with van der Waals surface area (Å²) in [5.41, 5.74) is 0. The molecule has 1 aromatic heterocycles. The molecule has 0 radical (unpaired) electrons. The predicted octanol–water partition coefficient (Wildman–Crippen LogP) is 2.30. The first kappa shape index (κ1) is 17.4. The fraction of sp³-hybridized carbons (Fsp3) is 0.667. The second-order valence-electron chi connectivity index (χ2n) is 6.84. The molecule has 1 saturated carbocycles. The van der Waals surface area contributed by atoms with Gasteiger partial charge in [0.2, 0.25) is 5.91 Å². The lowest BCUT2D eigenvalue weighted by Gasteiger charge is -2.36. The molecule has 0 atom stereocenters. The molecule has 1 aliphatic carbocycles. The van der Waals surface area contributed by atoms with Crippen LogP contribution >= 0.6 is 11.3 Å². The van der Waals surface area contributed by atoms with Crippen molar-refractivity contribution in [2.75, 3.05) is 39.8 Å². The van der Waals surface area contributed by atoms with Gasteiger partial charge in [0, 0.05) is 39.3 Å². The fourth-order valence-corrected chi connectivity index (χ4v) is 4.33. The highest BCUT2D eigenvalue weighted by atomic mass is 32.1. The van der Waals surface area contributed by atoms with Gasteiger partial charge in [0.1, 0.15) is 0 Å². The molecule has 1 saturated heterocycles. The summed E-state index contributed by atoms with van der Waals surface area (Å²) in [5, 5.41) is 1.93. The van der Waals surface area contributed by atoms with Gasteiger partial charge in [-0.3, -0.25) is 14.5 Å². The van der Waals surface area contributed by atoms with E-state index in [2.05, 4.69) is 4.90 Å². The number of nitrogens with zero attached hydrogens (tertiary/aromatic N) is 3. The Kier molecular flexibility index (Phi) is 5.89. The van der Waals surface area contributed by atoms with Crippen LogP contribution in [0.2, 0.25) is 0 Å². The molecule has 2 aliphatic rings. The van der Waals surface area contributed by atoms with Gasteiger partial charge in [-0.1, -0.05) is 25.3 Å². The second kappa shape index (κ2) is 8.12. The van der Waals surface area contributed by atoms with E-state index in [9.17, 15) is 9.59 Å². The fourth-order valence-electron chi connectivity index (χ4n) is 3.64. The maximum atomic E-state index is 12.5. The van der Waals surface area contributed by atoms with E-state index in [1.807, 2.05) is 34.4 Å². The van der Waals surface area contributed by atoms with Crippen molar-refractivity contribution in [3.05, 3.63) is 22.4 Å². The number of amides is 2. The molecule has 2 amide bonds. The molecule has 2 fully saturated rings. The van der Waals surface area contributed by atoms with E-state index in [1.165, 1.54) is 30.6 Å². The third kappa shape index (κ3) is 4.16. The summed E-state index contributed by atoms with van der Waals surface area (Å²) >= 11 is 1.49. The molecule has 24 heavy (non-hydrogen) atoms. The Morgan fingerprint density at radius 3 is 2.50 bits per heavy atom. The molecule has 132 valence electrons. The Labute approximate surface area is 148 Å². The van der Waals surface area contributed by atoms with Crippen molar-refractivity contribution in [2.45, 2.75) is 38.1 Å². The Bertz CT molecular complexity index is 547. The minimum absolute atomic E-state index is 0.121. The smallest absolute Gasteiger partial charge is 0.264 e. The third-order valence-electron chi connectivity index (χ3n) is 5.27. The van der Waals surface area contributed by atoms with Crippen molar-refractivity contribution < 1.29 is 9.59 Å². The van der Waals surface area contributed by atoms with E-state index < -0.39 is 0 Å². The van der Waals surface area contributed by atoms with Gasteiger partial charge in [0.15, 0.2) is 0 Å².